The van der Waals surface area contributed by atoms with Crippen LogP contribution < -0.4 is 23.7 Å². The van der Waals surface area contributed by atoms with E-state index in [4.69, 9.17) is 33.2 Å². The van der Waals surface area contributed by atoms with E-state index < -0.39 is 6.10 Å². The van der Waals surface area contributed by atoms with Gasteiger partial charge in [-0.05, 0) is 29.8 Å². The van der Waals surface area contributed by atoms with E-state index in [0.29, 0.717) is 42.0 Å². The number of rotatable bonds is 10. The predicted octanol–water partition coefficient (Wildman–Crippen LogP) is 3.55. The Labute approximate surface area is 181 Å². The number of cyclic esters (lactones) is 1. The van der Waals surface area contributed by atoms with Gasteiger partial charge in [-0.3, -0.25) is 4.79 Å². The molecule has 0 N–H and O–H groups in total. The van der Waals surface area contributed by atoms with Crippen LogP contribution in [0.5, 0.6) is 28.7 Å². The van der Waals surface area contributed by atoms with Crippen LogP contribution >= 0.6 is 0 Å². The van der Waals surface area contributed by atoms with Crippen molar-refractivity contribution in [1.82, 2.24) is 0 Å². The second kappa shape index (κ2) is 10.3. The Hall–Kier alpha value is -3.13. The van der Waals surface area contributed by atoms with Crippen LogP contribution in [0.1, 0.15) is 23.7 Å². The first-order valence-electron chi connectivity index (χ1n) is 9.82. The molecule has 8 nitrogen and oxygen atoms in total. The zero-order chi connectivity index (χ0) is 22.4. The first-order chi connectivity index (χ1) is 15.0. The Morgan fingerprint density at radius 3 is 2.06 bits per heavy atom. The molecule has 1 aliphatic heterocycles. The summed E-state index contributed by atoms with van der Waals surface area (Å²) in [5.41, 5.74) is 1.70. The van der Waals surface area contributed by atoms with Crippen LogP contribution in [0, 0.1) is 5.92 Å². The van der Waals surface area contributed by atoms with Gasteiger partial charge in [0.1, 0.15) is 6.10 Å². The molecule has 0 radical (unpaired) electrons. The number of esters is 1. The largest absolute Gasteiger partial charge is 0.493 e. The van der Waals surface area contributed by atoms with Crippen molar-refractivity contribution < 1.29 is 38.0 Å². The van der Waals surface area contributed by atoms with E-state index in [0.717, 1.165) is 11.1 Å². The molecule has 2 atom stereocenters. The van der Waals surface area contributed by atoms with E-state index in [-0.39, 0.29) is 18.3 Å². The van der Waals surface area contributed by atoms with Gasteiger partial charge >= 0.3 is 5.97 Å². The fraction of sp³-hybridized carbons (Fsp3) is 0.435. The number of hydrogen-bond acceptors (Lipinski definition) is 8. The molecule has 0 aliphatic carbocycles. The van der Waals surface area contributed by atoms with Crippen molar-refractivity contribution in [3.8, 4) is 28.7 Å². The first kappa shape index (κ1) is 22.6. The summed E-state index contributed by atoms with van der Waals surface area (Å²) in [6, 6.07) is 9.20. The highest BCUT2D eigenvalue weighted by atomic mass is 16.6. The summed E-state index contributed by atoms with van der Waals surface area (Å²) in [4.78, 5) is 12.1. The molecule has 8 heteroatoms. The van der Waals surface area contributed by atoms with Gasteiger partial charge in [0, 0.05) is 11.5 Å². The number of hydrogen-bond donors (Lipinski definition) is 0. The molecule has 168 valence electrons. The molecular weight excluding hydrogens is 404 g/mol. The lowest BCUT2D eigenvalue weighted by Gasteiger charge is -2.21. The molecule has 0 bridgehead atoms. The van der Waals surface area contributed by atoms with Crippen LogP contribution in [0.2, 0.25) is 0 Å². The van der Waals surface area contributed by atoms with Gasteiger partial charge in [-0.1, -0.05) is 6.07 Å². The van der Waals surface area contributed by atoms with Gasteiger partial charge in [0.25, 0.3) is 0 Å². The number of benzene rings is 2. The topological polar surface area (TPSA) is 81.7 Å². The van der Waals surface area contributed by atoms with Gasteiger partial charge in [0.15, 0.2) is 23.0 Å². The fourth-order valence-corrected chi connectivity index (χ4v) is 3.66. The molecule has 3 rings (SSSR count). The maximum atomic E-state index is 12.1. The second-order valence-electron chi connectivity index (χ2n) is 7.04. The number of ether oxygens (including phenoxy) is 7. The normalized spacial score (nSPS) is 17.8. The third kappa shape index (κ3) is 4.96. The molecule has 0 unspecified atom stereocenters. The van der Waals surface area contributed by atoms with E-state index in [1.54, 1.807) is 47.7 Å². The van der Waals surface area contributed by atoms with E-state index >= 15 is 0 Å². The van der Waals surface area contributed by atoms with Crippen molar-refractivity contribution in [2.45, 2.75) is 19.1 Å². The van der Waals surface area contributed by atoms with Gasteiger partial charge in [-0.2, -0.15) is 0 Å². The van der Waals surface area contributed by atoms with E-state index in [2.05, 4.69) is 0 Å². The SMILES string of the molecule is COc1ccc(COC[C@H]2CC(=O)O[C@@H]2c2cc(OC)c(OC)c(OC)c2)cc1OC. The Kier molecular flexibility index (Phi) is 7.46. The summed E-state index contributed by atoms with van der Waals surface area (Å²) >= 11 is 0. The summed E-state index contributed by atoms with van der Waals surface area (Å²) in [6.45, 7) is 0.717. The number of carbonyl (C=O) groups is 1. The minimum absolute atomic E-state index is 0.143. The molecule has 1 heterocycles. The minimum atomic E-state index is -0.466. The standard InChI is InChI=1S/C23H28O8/c1-25-17-7-6-14(8-18(17)26-2)12-30-13-16-11-21(24)31-22(16)15-9-19(27-3)23(29-5)20(10-15)28-4/h6-10,16,22H,11-13H2,1-5H3/t16-,22-/m1/s1. The van der Waals surface area contributed by atoms with Crippen LogP contribution in [0.4, 0.5) is 0 Å². The highest BCUT2D eigenvalue weighted by Crippen LogP contribution is 2.44. The van der Waals surface area contributed by atoms with Crippen LogP contribution in [-0.2, 0) is 20.9 Å². The van der Waals surface area contributed by atoms with Crippen LogP contribution in [0.3, 0.4) is 0 Å². The van der Waals surface area contributed by atoms with E-state index in [1.165, 1.54) is 0 Å². The maximum absolute atomic E-state index is 12.1. The van der Waals surface area contributed by atoms with Crippen LogP contribution in [-0.4, -0.2) is 48.1 Å². The van der Waals surface area contributed by atoms with Gasteiger partial charge in [-0.25, -0.2) is 0 Å². The van der Waals surface area contributed by atoms with Gasteiger partial charge < -0.3 is 33.2 Å². The molecule has 0 saturated carbocycles. The summed E-state index contributed by atoms with van der Waals surface area (Å²) in [5, 5.41) is 0. The molecular formula is C23H28O8. The Bertz CT molecular complexity index is 885. The summed E-state index contributed by atoms with van der Waals surface area (Å²) < 4.78 is 38.3. The summed E-state index contributed by atoms with van der Waals surface area (Å²) in [7, 11) is 7.82. The third-order valence-corrected chi connectivity index (χ3v) is 5.18. The van der Waals surface area contributed by atoms with Crippen molar-refractivity contribution in [3.05, 3.63) is 41.5 Å². The van der Waals surface area contributed by atoms with E-state index in [1.807, 2.05) is 18.2 Å². The predicted molar refractivity (Wildman–Crippen MR) is 112 cm³/mol. The Morgan fingerprint density at radius 1 is 0.839 bits per heavy atom. The van der Waals surface area contributed by atoms with Gasteiger partial charge in [0.05, 0.1) is 55.2 Å². The lowest BCUT2D eigenvalue weighted by Crippen LogP contribution is -2.15. The third-order valence-electron chi connectivity index (χ3n) is 5.18. The second-order valence-corrected chi connectivity index (χ2v) is 7.04. The molecule has 1 saturated heterocycles. The van der Waals surface area contributed by atoms with Crippen molar-refractivity contribution in [2.75, 3.05) is 42.2 Å². The van der Waals surface area contributed by atoms with Crippen molar-refractivity contribution >= 4 is 5.97 Å². The van der Waals surface area contributed by atoms with Crippen molar-refractivity contribution in [2.24, 2.45) is 5.92 Å². The monoisotopic (exact) mass is 432 g/mol. The quantitative estimate of drug-likeness (QED) is 0.527. The Balaban J connectivity index is 1.73. The summed E-state index contributed by atoms with van der Waals surface area (Å²) in [6.07, 6.45) is -0.195. The van der Waals surface area contributed by atoms with Crippen molar-refractivity contribution in [1.29, 1.82) is 0 Å². The molecule has 0 spiro atoms. The lowest BCUT2D eigenvalue weighted by molar-refractivity contribution is -0.141. The minimum Gasteiger partial charge on any atom is -0.493 e. The zero-order valence-electron chi connectivity index (χ0n) is 18.4. The molecule has 0 amide bonds. The van der Waals surface area contributed by atoms with Crippen molar-refractivity contribution in [3.63, 3.8) is 0 Å². The summed E-state index contributed by atoms with van der Waals surface area (Å²) in [5.74, 6) is 2.38. The molecule has 31 heavy (non-hydrogen) atoms. The van der Waals surface area contributed by atoms with Gasteiger partial charge in [0.2, 0.25) is 5.75 Å². The zero-order valence-corrected chi connectivity index (χ0v) is 18.4. The number of carbonyl (C=O) groups excluding carboxylic acids is 1. The van der Waals surface area contributed by atoms with Gasteiger partial charge in [-0.15, -0.1) is 0 Å². The average Bonchev–Trinajstić information content (AvgIpc) is 3.17. The smallest absolute Gasteiger partial charge is 0.306 e. The highest BCUT2D eigenvalue weighted by Gasteiger charge is 2.37. The first-order valence-corrected chi connectivity index (χ1v) is 9.82. The molecule has 1 fully saturated rings. The van der Waals surface area contributed by atoms with Crippen LogP contribution in [0.25, 0.3) is 0 Å². The molecule has 1 aliphatic rings. The van der Waals surface area contributed by atoms with Crippen LogP contribution in [0.15, 0.2) is 30.3 Å². The molecule has 2 aromatic rings. The molecule has 2 aromatic carbocycles. The average molecular weight is 432 g/mol. The molecule has 0 aromatic heterocycles. The number of methoxy groups -OCH3 is 5. The lowest BCUT2D eigenvalue weighted by atomic mass is 9.95. The maximum Gasteiger partial charge on any atom is 0.306 e. The Morgan fingerprint density at radius 2 is 1.48 bits per heavy atom. The van der Waals surface area contributed by atoms with E-state index in [9.17, 15) is 4.79 Å². The highest BCUT2D eigenvalue weighted by molar-refractivity contribution is 5.72. The fourth-order valence-electron chi connectivity index (χ4n) is 3.66.